The predicted octanol–water partition coefficient (Wildman–Crippen LogP) is 3.72. The number of hydrogen-bond acceptors (Lipinski definition) is 7. The van der Waals surface area contributed by atoms with Gasteiger partial charge in [0.1, 0.15) is 29.4 Å². The maximum atomic E-state index is 12.8. The number of aromatic nitrogens is 3. The number of methoxy groups -OCH3 is 1. The Morgan fingerprint density at radius 3 is 2.63 bits per heavy atom. The second kappa shape index (κ2) is 8.71. The van der Waals surface area contributed by atoms with Gasteiger partial charge in [0, 0.05) is 30.8 Å². The van der Waals surface area contributed by atoms with E-state index in [1.807, 2.05) is 39.8 Å². The number of rotatable bonds is 6. The van der Waals surface area contributed by atoms with Crippen LogP contribution >= 0.6 is 0 Å². The van der Waals surface area contributed by atoms with Gasteiger partial charge in [-0.1, -0.05) is 6.07 Å². The quantitative estimate of drug-likeness (QED) is 0.616. The predicted molar refractivity (Wildman–Crippen MR) is 115 cm³/mol. The van der Waals surface area contributed by atoms with Crippen LogP contribution in [0, 0.1) is 6.92 Å². The topological polar surface area (TPSA) is 101 Å². The molecule has 0 aliphatic rings. The number of nitrogens with zero attached hydrogens (tertiary/aromatic N) is 3. The minimum absolute atomic E-state index is 0.410. The van der Waals surface area contributed by atoms with Gasteiger partial charge in [0.2, 0.25) is 0 Å². The van der Waals surface area contributed by atoms with Gasteiger partial charge in [0.05, 0.1) is 12.8 Å². The Balaban J connectivity index is 2.03. The molecule has 8 heteroatoms. The molecule has 0 saturated carbocycles. The summed E-state index contributed by atoms with van der Waals surface area (Å²) in [5.74, 6) is 1.08. The summed E-state index contributed by atoms with van der Waals surface area (Å²) >= 11 is 0. The van der Waals surface area contributed by atoms with E-state index in [4.69, 9.17) is 19.9 Å². The monoisotopic (exact) mass is 412 g/mol. The third kappa shape index (κ3) is 5.07. The summed E-state index contributed by atoms with van der Waals surface area (Å²) in [5.41, 5.74) is 8.44. The van der Waals surface area contributed by atoms with Crippen LogP contribution in [0.4, 0.5) is 10.6 Å². The number of hydrogen-bond donors (Lipinski definition) is 1. The molecule has 0 saturated heterocycles. The van der Waals surface area contributed by atoms with Crippen LogP contribution < -0.4 is 10.5 Å². The van der Waals surface area contributed by atoms with E-state index in [0.717, 1.165) is 22.2 Å². The molecule has 0 aliphatic carbocycles. The lowest BCUT2D eigenvalue weighted by Crippen LogP contribution is -2.26. The number of anilines is 1. The number of pyridine rings is 2. The van der Waals surface area contributed by atoms with E-state index in [9.17, 15) is 4.79 Å². The molecule has 0 spiro atoms. The van der Waals surface area contributed by atoms with Gasteiger partial charge in [-0.2, -0.15) is 0 Å². The second-order valence-electron chi connectivity index (χ2n) is 8.05. The summed E-state index contributed by atoms with van der Waals surface area (Å²) in [5, 5.41) is 0.812. The van der Waals surface area contributed by atoms with Crippen molar-refractivity contribution in [1.29, 1.82) is 0 Å². The summed E-state index contributed by atoms with van der Waals surface area (Å²) in [6.45, 7) is 8.28. The Morgan fingerprint density at radius 1 is 1.20 bits per heavy atom. The van der Waals surface area contributed by atoms with Crippen LogP contribution in [0.1, 0.15) is 37.6 Å². The molecule has 8 nitrogen and oxygen atoms in total. The minimum atomic E-state index is -0.617. The molecular weight excluding hydrogens is 384 g/mol. The molecule has 30 heavy (non-hydrogen) atoms. The maximum Gasteiger partial charge on any atom is 0.420 e. The van der Waals surface area contributed by atoms with Crippen molar-refractivity contribution < 1.29 is 19.0 Å². The highest BCUT2D eigenvalue weighted by molar-refractivity contribution is 5.90. The highest BCUT2D eigenvalue weighted by Crippen LogP contribution is 2.27. The molecule has 3 rings (SSSR count). The fourth-order valence-corrected chi connectivity index (χ4v) is 3.07. The summed E-state index contributed by atoms with van der Waals surface area (Å²) in [4.78, 5) is 21.6. The number of nitrogens with two attached hydrogens (primary N) is 1. The van der Waals surface area contributed by atoms with E-state index >= 15 is 0 Å². The average molecular weight is 412 g/mol. The van der Waals surface area contributed by atoms with Gasteiger partial charge in [0.15, 0.2) is 0 Å². The first-order valence-electron chi connectivity index (χ1n) is 9.75. The van der Waals surface area contributed by atoms with Crippen molar-refractivity contribution >= 4 is 22.9 Å². The van der Waals surface area contributed by atoms with Crippen LogP contribution in [0.25, 0.3) is 11.0 Å². The van der Waals surface area contributed by atoms with E-state index in [1.54, 1.807) is 25.6 Å². The van der Waals surface area contributed by atoms with Crippen LogP contribution in [0.3, 0.4) is 0 Å². The van der Waals surface area contributed by atoms with Gasteiger partial charge in [-0.3, -0.25) is 0 Å². The lowest BCUT2D eigenvalue weighted by molar-refractivity contribution is 0.0543. The van der Waals surface area contributed by atoms with Gasteiger partial charge < -0.3 is 19.9 Å². The van der Waals surface area contributed by atoms with E-state index in [2.05, 4.69) is 9.97 Å². The third-order valence-corrected chi connectivity index (χ3v) is 4.44. The van der Waals surface area contributed by atoms with Gasteiger partial charge in [-0.15, -0.1) is 0 Å². The molecular formula is C22H28N4O4. The molecule has 0 bridgehead atoms. The van der Waals surface area contributed by atoms with Crippen molar-refractivity contribution in [2.24, 2.45) is 0 Å². The van der Waals surface area contributed by atoms with Crippen LogP contribution in [0.5, 0.6) is 5.75 Å². The molecule has 0 amide bonds. The molecule has 0 unspecified atom stereocenters. The average Bonchev–Trinajstić information content (AvgIpc) is 3.01. The first-order valence-corrected chi connectivity index (χ1v) is 9.75. The Hall–Kier alpha value is -3.13. The number of fused-ring (bicyclic) bond motifs is 1. The van der Waals surface area contributed by atoms with Crippen molar-refractivity contribution in [2.75, 3.05) is 26.1 Å². The highest BCUT2D eigenvalue weighted by atomic mass is 16.6. The van der Waals surface area contributed by atoms with Crippen molar-refractivity contribution in [2.45, 2.75) is 39.7 Å². The first-order chi connectivity index (χ1) is 14.2. The molecule has 160 valence electrons. The van der Waals surface area contributed by atoms with Gasteiger partial charge >= 0.3 is 6.09 Å². The van der Waals surface area contributed by atoms with Crippen LogP contribution in [0.15, 0.2) is 30.6 Å². The molecule has 0 fully saturated rings. The molecule has 2 N–H and O–H groups in total. The fraction of sp³-hybridized carbons (Fsp3) is 0.409. The van der Waals surface area contributed by atoms with Gasteiger partial charge in [-0.05, 0) is 51.0 Å². The Kier molecular flexibility index (Phi) is 6.26. The summed E-state index contributed by atoms with van der Waals surface area (Å²) in [7, 11) is 1.62. The zero-order chi connectivity index (χ0) is 21.9. The zero-order valence-electron chi connectivity index (χ0n) is 18.1. The standard InChI is InChI=1S/C22H28N4O4/c1-14-15(6-7-19(23)25-14)10-16-13-26(21(27)30-22(2,3)4)20-18(16)11-17(12-24-20)29-9-8-28-5/h6-7,11-13H,8-10H2,1-5H3,(H2,23,25). The van der Waals surface area contributed by atoms with Crippen LogP contribution in [-0.2, 0) is 15.9 Å². The van der Waals surface area contributed by atoms with Crippen molar-refractivity contribution in [3.63, 3.8) is 0 Å². The van der Waals surface area contributed by atoms with Crippen LogP contribution in [0.2, 0.25) is 0 Å². The van der Waals surface area contributed by atoms with Crippen molar-refractivity contribution in [3.8, 4) is 5.75 Å². The van der Waals surface area contributed by atoms with E-state index < -0.39 is 11.7 Å². The Bertz CT molecular complexity index is 1050. The largest absolute Gasteiger partial charge is 0.490 e. The van der Waals surface area contributed by atoms with Gasteiger partial charge in [-0.25, -0.2) is 19.3 Å². The van der Waals surface area contributed by atoms with E-state index in [-0.39, 0.29) is 0 Å². The molecule has 0 aromatic carbocycles. The Morgan fingerprint density at radius 2 is 1.97 bits per heavy atom. The number of nitrogen functional groups attached to an aromatic ring is 1. The maximum absolute atomic E-state index is 12.8. The van der Waals surface area contributed by atoms with E-state index in [1.165, 1.54) is 4.57 Å². The number of carbonyl (C=O) groups excluding carboxylic acids is 1. The molecule has 3 aromatic rings. The summed E-state index contributed by atoms with van der Waals surface area (Å²) in [6, 6.07) is 5.60. The van der Waals surface area contributed by atoms with Crippen LogP contribution in [-0.4, -0.2) is 46.6 Å². The summed E-state index contributed by atoms with van der Waals surface area (Å²) < 4.78 is 17.7. The number of carbonyl (C=O) groups is 1. The Labute approximate surface area is 176 Å². The lowest BCUT2D eigenvalue weighted by Gasteiger charge is -2.19. The molecule has 3 aromatic heterocycles. The molecule has 0 atom stereocenters. The minimum Gasteiger partial charge on any atom is -0.490 e. The van der Waals surface area contributed by atoms with Gasteiger partial charge in [0.25, 0.3) is 0 Å². The normalized spacial score (nSPS) is 11.6. The second-order valence-corrected chi connectivity index (χ2v) is 8.05. The summed E-state index contributed by atoms with van der Waals surface area (Å²) in [6.07, 6.45) is 3.44. The number of aryl methyl sites for hydroxylation is 1. The molecule has 3 heterocycles. The number of ether oxygens (including phenoxy) is 3. The smallest absolute Gasteiger partial charge is 0.420 e. The van der Waals surface area contributed by atoms with E-state index in [0.29, 0.717) is 36.8 Å². The highest BCUT2D eigenvalue weighted by Gasteiger charge is 2.22. The SMILES string of the molecule is COCCOc1cnc2c(c1)c(Cc1ccc(N)nc1C)cn2C(=O)OC(C)(C)C. The lowest BCUT2D eigenvalue weighted by atomic mass is 10.0. The zero-order valence-corrected chi connectivity index (χ0v) is 18.1. The molecule has 0 aliphatic heterocycles. The fourth-order valence-electron chi connectivity index (χ4n) is 3.07. The first kappa shape index (κ1) is 21.6. The molecule has 0 radical (unpaired) electrons. The van der Waals surface area contributed by atoms with Crippen molar-refractivity contribution in [3.05, 3.63) is 47.4 Å². The van der Waals surface area contributed by atoms with Crippen molar-refractivity contribution in [1.82, 2.24) is 14.5 Å². The third-order valence-electron chi connectivity index (χ3n) is 4.44.